The van der Waals surface area contributed by atoms with Crippen LogP contribution in [0.25, 0.3) is 0 Å². The van der Waals surface area contributed by atoms with E-state index in [-0.39, 0.29) is 39.5 Å². The number of hydrogen-bond donors (Lipinski definition) is 3. The average molecular weight is 393 g/mol. The molecule has 1 radical (unpaired) electrons. The van der Waals surface area contributed by atoms with Gasteiger partial charge in [-0.05, 0) is 20.8 Å². The molecule has 9 nitrogen and oxygen atoms in total. The van der Waals surface area contributed by atoms with Crippen molar-refractivity contribution in [3.8, 4) is 0 Å². The smallest absolute Gasteiger partial charge is 0.503 e. The van der Waals surface area contributed by atoms with Crippen molar-refractivity contribution in [3.05, 3.63) is 17.8 Å². The predicted octanol–water partition coefficient (Wildman–Crippen LogP) is 0.761. The summed E-state index contributed by atoms with van der Waals surface area (Å²) in [5.74, 6) is -4.96. The van der Waals surface area contributed by atoms with Gasteiger partial charge in [0.25, 0.3) is 0 Å². The van der Waals surface area contributed by atoms with E-state index in [9.17, 15) is 28.8 Å². The molecule has 0 aliphatic heterocycles. The van der Waals surface area contributed by atoms with E-state index in [0.717, 1.165) is 0 Å². The molecule has 139 valence electrons. The number of aliphatic carboxylic acids is 3. The summed E-state index contributed by atoms with van der Waals surface area (Å²) in [6, 6.07) is 0. The number of carboxylic acids is 3. The first-order valence-corrected chi connectivity index (χ1v) is 6.40. The second-order valence-corrected chi connectivity index (χ2v) is 4.46. The third-order valence-corrected chi connectivity index (χ3v) is 2.55. The van der Waals surface area contributed by atoms with Crippen LogP contribution in [0.15, 0.2) is 0 Å². The van der Waals surface area contributed by atoms with E-state index in [0.29, 0.717) is 0 Å². The van der Waals surface area contributed by atoms with Crippen LogP contribution in [0, 0.1) is 17.8 Å². The van der Waals surface area contributed by atoms with E-state index in [4.69, 9.17) is 15.3 Å². The monoisotopic (exact) mass is 393 g/mol. The molecule has 0 atom stereocenters. The Bertz CT molecular complexity index is 386. The van der Waals surface area contributed by atoms with Crippen LogP contribution in [-0.2, 0) is 50.5 Å². The van der Waals surface area contributed by atoms with Crippen LogP contribution in [0.1, 0.15) is 41.5 Å². The van der Waals surface area contributed by atoms with Crippen molar-refractivity contribution < 1.29 is 65.8 Å². The summed E-state index contributed by atoms with van der Waals surface area (Å²) in [5, 5.41) is 24.3. The van der Waals surface area contributed by atoms with Gasteiger partial charge in [-0.1, -0.05) is 0 Å². The zero-order valence-corrected chi connectivity index (χ0v) is 16.4. The number of carbonyl (C=O) groups is 6. The van der Waals surface area contributed by atoms with Crippen molar-refractivity contribution in [2.75, 3.05) is 0 Å². The fourth-order valence-corrected chi connectivity index (χ4v) is 0.452. The second-order valence-electron chi connectivity index (χ2n) is 4.46. The van der Waals surface area contributed by atoms with Crippen LogP contribution in [0.2, 0.25) is 0 Å². The molecule has 0 aromatic heterocycles. The normalized spacial score (nSPS) is 7.92. The zero-order valence-electron chi connectivity index (χ0n) is 14.8. The molecule has 0 spiro atoms. The summed E-state index contributed by atoms with van der Waals surface area (Å²) >= 11 is 0. The van der Waals surface area contributed by atoms with E-state index in [1.165, 1.54) is 41.5 Å². The minimum absolute atomic E-state index is 0. The Morgan fingerprint density at radius 2 is 0.640 bits per heavy atom. The van der Waals surface area contributed by atoms with E-state index in [1.54, 1.807) is 0 Å². The third-order valence-electron chi connectivity index (χ3n) is 2.55. The third kappa shape index (κ3) is 17.9. The molecule has 0 saturated heterocycles. The molecular weight excluding hydrogens is 372 g/mol. The Kier molecular flexibility index (Phi) is 18.7. The van der Waals surface area contributed by atoms with Gasteiger partial charge in [0.05, 0.1) is 0 Å². The van der Waals surface area contributed by atoms with Crippen molar-refractivity contribution >= 4 is 35.3 Å². The maximum atomic E-state index is 10.2. The molecule has 25 heavy (non-hydrogen) atoms. The number of carbonyl (C=O) groups excluding carboxylic acids is 3. The number of Topliss-reactive ketones (excluding diaryl/α,β-unsaturated/α-hetero) is 3. The maximum absolute atomic E-state index is 10.2. The Labute approximate surface area is 160 Å². The molecule has 0 aliphatic rings. The summed E-state index contributed by atoms with van der Waals surface area (Å²) in [6.45, 7) is 7.52. The van der Waals surface area contributed by atoms with Gasteiger partial charge >= 0.3 is 21.7 Å². The maximum Gasteiger partial charge on any atom is 3.00 e. The minimum atomic E-state index is -1.14. The van der Waals surface area contributed by atoms with Crippen LogP contribution in [0.4, 0.5) is 0 Å². The number of hydrogen-bond acceptors (Lipinski definition) is 6. The van der Waals surface area contributed by atoms with Crippen LogP contribution < -0.4 is 0 Å². The first kappa shape index (κ1) is 30.6. The van der Waals surface area contributed by atoms with Gasteiger partial charge in [0.2, 0.25) is 0 Å². The van der Waals surface area contributed by atoms with Gasteiger partial charge in [0.1, 0.15) is 0 Å². The molecule has 0 unspecified atom stereocenters. The van der Waals surface area contributed by atoms with Crippen molar-refractivity contribution in [2.24, 2.45) is 0 Å². The van der Waals surface area contributed by atoms with Crippen LogP contribution >= 0.6 is 0 Å². The topological polar surface area (TPSA) is 163 Å². The Hall–Kier alpha value is -2.26. The fourth-order valence-electron chi connectivity index (χ4n) is 0.452. The van der Waals surface area contributed by atoms with Gasteiger partial charge in [-0.25, -0.2) is 17.8 Å². The van der Waals surface area contributed by atoms with Crippen molar-refractivity contribution in [3.63, 3.8) is 0 Å². The first-order chi connectivity index (χ1) is 10.7. The summed E-state index contributed by atoms with van der Waals surface area (Å²) in [5.41, 5.74) is 0. The van der Waals surface area contributed by atoms with Gasteiger partial charge in [-0.3, -0.25) is 14.4 Å². The van der Waals surface area contributed by atoms with Crippen LogP contribution in [0.5, 0.6) is 0 Å². The predicted molar refractivity (Wildman–Crippen MR) is 81.7 cm³/mol. The molecule has 0 rings (SSSR count). The number of ketones is 3. The van der Waals surface area contributed by atoms with E-state index in [1.807, 2.05) is 0 Å². The average Bonchev–Trinajstić information content (AvgIpc) is 2.45. The molecule has 0 amide bonds. The van der Waals surface area contributed by atoms with E-state index < -0.39 is 35.3 Å². The minimum Gasteiger partial charge on any atom is -0.503 e. The number of carboxylic acid groups (broad SMARTS) is 3. The van der Waals surface area contributed by atoms with Gasteiger partial charge in [-0.15, -0.1) is 0 Å². The first-order valence-electron chi connectivity index (χ1n) is 6.40. The fraction of sp³-hybridized carbons (Fsp3) is 0.400. The molecule has 10 heteroatoms. The number of rotatable bonds is 6. The summed E-state index contributed by atoms with van der Waals surface area (Å²) in [6.07, 6.45) is 0. The van der Waals surface area contributed by atoms with Gasteiger partial charge in [0.15, 0.2) is 17.9 Å². The van der Waals surface area contributed by atoms with E-state index in [2.05, 4.69) is 0 Å². The molecule has 0 aliphatic carbocycles. The molecule has 0 heterocycles. The van der Waals surface area contributed by atoms with Crippen molar-refractivity contribution in [2.45, 2.75) is 41.5 Å². The summed E-state index contributed by atoms with van der Waals surface area (Å²) in [4.78, 5) is 60.2. The van der Waals surface area contributed by atoms with Crippen LogP contribution in [0.3, 0.4) is 0 Å². The molecule has 3 N–H and O–H groups in total. The molecule has 0 saturated carbocycles. The molecule has 0 fully saturated rings. The molecule has 0 aromatic rings. The zero-order chi connectivity index (χ0) is 20.2. The van der Waals surface area contributed by atoms with Crippen LogP contribution in [-0.4, -0.2) is 50.6 Å². The van der Waals surface area contributed by atoms with Crippen molar-refractivity contribution in [1.29, 1.82) is 0 Å². The quantitative estimate of drug-likeness (QED) is 0.336. The second kappa shape index (κ2) is 15.3. The molecule has 0 aromatic carbocycles. The molecule has 0 bridgehead atoms. The summed E-state index contributed by atoms with van der Waals surface area (Å²) in [7, 11) is 0. The van der Waals surface area contributed by atoms with Gasteiger partial charge < -0.3 is 29.7 Å². The Morgan fingerprint density at radius 3 is 0.640 bits per heavy atom. The SMILES string of the molecule is CC(=O)[C-](C)C(=O)O.CC(=O)[C-](C)C(=O)O.CC(=O)[C-](C)C(=O)O.[Ti+3]. The Morgan fingerprint density at radius 1 is 0.520 bits per heavy atom. The summed E-state index contributed by atoms with van der Waals surface area (Å²) < 4.78 is 0. The van der Waals surface area contributed by atoms with Gasteiger partial charge in [-0.2, -0.15) is 20.8 Å². The largest absolute Gasteiger partial charge is 3.00 e. The van der Waals surface area contributed by atoms with Gasteiger partial charge in [0, 0.05) is 17.3 Å². The van der Waals surface area contributed by atoms with Crippen molar-refractivity contribution in [1.82, 2.24) is 0 Å². The standard InChI is InChI=1S/3C5H7O3.Ti/c3*1-3(4(2)6)5(7)8;/h3*1-2H3,(H,7,8);/q3*-1;+3. The Balaban J connectivity index is -0.000000130. The van der Waals surface area contributed by atoms with E-state index >= 15 is 0 Å². The molecular formula is C15H21O9Ti.